The first kappa shape index (κ1) is 13.9. The monoisotopic (exact) mass is 262 g/mol. The number of carbonyl (C=O) groups is 1. The Kier molecular flexibility index (Phi) is 4.42. The second-order valence-corrected chi connectivity index (χ2v) is 3.92. The topological polar surface area (TPSA) is 46.3 Å². The predicted molar refractivity (Wildman–Crippen MR) is 62.1 cm³/mol. The molecule has 0 aliphatic carbocycles. The largest absolute Gasteiger partial charge is 0.337 e. The van der Waals surface area contributed by atoms with Gasteiger partial charge in [-0.1, -0.05) is 0 Å². The number of halogens is 3. The number of carbonyl (C=O) groups excluding carboxylic acids is 1. The molecule has 1 fully saturated rings. The van der Waals surface area contributed by atoms with E-state index < -0.39 is 17.5 Å². The van der Waals surface area contributed by atoms with E-state index in [4.69, 9.17) is 5.73 Å². The van der Waals surface area contributed by atoms with E-state index in [0.29, 0.717) is 25.6 Å². The van der Waals surface area contributed by atoms with Crippen LogP contribution in [0.1, 0.15) is 16.8 Å². The predicted octanol–water partition coefficient (Wildman–Crippen LogP) is 1.56. The minimum absolute atomic E-state index is 0. The van der Waals surface area contributed by atoms with Crippen molar-refractivity contribution in [3.8, 4) is 0 Å². The normalized spacial score (nSPS) is 19.0. The van der Waals surface area contributed by atoms with Crippen LogP contribution in [0.15, 0.2) is 18.2 Å². The molecule has 6 heteroatoms. The lowest BCUT2D eigenvalue weighted by atomic mass is 10.2. The van der Waals surface area contributed by atoms with Crippen molar-refractivity contribution in [3.63, 3.8) is 0 Å². The molecule has 0 spiro atoms. The van der Waals surface area contributed by atoms with Gasteiger partial charge in [0.15, 0.2) is 0 Å². The van der Waals surface area contributed by atoms with Gasteiger partial charge in [-0.2, -0.15) is 0 Å². The maximum Gasteiger partial charge on any atom is 0.256 e. The fourth-order valence-corrected chi connectivity index (χ4v) is 1.81. The molecule has 1 amide bonds. The summed E-state index contributed by atoms with van der Waals surface area (Å²) < 4.78 is 26.0. The van der Waals surface area contributed by atoms with Gasteiger partial charge in [-0.15, -0.1) is 12.4 Å². The number of rotatable bonds is 1. The summed E-state index contributed by atoms with van der Waals surface area (Å²) in [5, 5.41) is 0. The molecule has 1 atom stereocenters. The minimum Gasteiger partial charge on any atom is -0.337 e. The van der Waals surface area contributed by atoms with Gasteiger partial charge < -0.3 is 10.6 Å². The van der Waals surface area contributed by atoms with Crippen LogP contribution in [-0.4, -0.2) is 29.9 Å². The third-order valence-electron chi connectivity index (χ3n) is 2.67. The molecule has 0 radical (unpaired) electrons. The van der Waals surface area contributed by atoms with Crippen molar-refractivity contribution in [1.82, 2.24) is 4.90 Å². The van der Waals surface area contributed by atoms with E-state index in [1.165, 1.54) is 4.90 Å². The molecule has 1 unspecified atom stereocenters. The van der Waals surface area contributed by atoms with Crippen LogP contribution in [0.2, 0.25) is 0 Å². The Hall–Kier alpha value is -1.20. The van der Waals surface area contributed by atoms with Crippen molar-refractivity contribution in [3.05, 3.63) is 35.4 Å². The van der Waals surface area contributed by atoms with Gasteiger partial charge in [-0.3, -0.25) is 4.79 Å². The van der Waals surface area contributed by atoms with Crippen molar-refractivity contribution >= 4 is 18.3 Å². The van der Waals surface area contributed by atoms with Crippen LogP contribution in [0.4, 0.5) is 8.78 Å². The first-order valence-electron chi connectivity index (χ1n) is 5.08. The zero-order valence-corrected chi connectivity index (χ0v) is 9.84. The molecule has 2 rings (SSSR count). The lowest BCUT2D eigenvalue weighted by Crippen LogP contribution is -2.32. The van der Waals surface area contributed by atoms with Crippen LogP contribution in [0.5, 0.6) is 0 Å². The highest BCUT2D eigenvalue weighted by molar-refractivity contribution is 5.94. The molecule has 17 heavy (non-hydrogen) atoms. The van der Waals surface area contributed by atoms with E-state index in [2.05, 4.69) is 0 Å². The van der Waals surface area contributed by atoms with Crippen LogP contribution < -0.4 is 5.73 Å². The maximum atomic E-state index is 13.3. The zero-order valence-electron chi connectivity index (χ0n) is 9.03. The van der Waals surface area contributed by atoms with E-state index in [1.807, 2.05) is 0 Å². The van der Waals surface area contributed by atoms with Crippen LogP contribution in [-0.2, 0) is 0 Å². The molecule has 1 heterocycles. The molecule has 1 aromatic rings. The molecule has 94 valence electrons. The van der Waals surface area contributed by atoms with Gasteiger partial charge in [-0.25, -0.2) is 8.78 Å². The molecule has 0 bridgehead atoms. The quantitative estimate of drug-likeness (QED) is 0.835. The van der Waals surface area contributed by atoms with Gasteiger partial charge in [0.05, 0.1) is 5.56 Å². The summed E-state index contributed by atoms with van der Waals surface area (Å²) in [5.41, 5.74) is 5.55. The molecule has 1 aromatic carbocycles. The first-order chi connectivity index (χ1) is 7.58. The van der Waals surface area contributed by atoms with Crippen LogP contribution >= 0.6 is 12.4 Å². The number of amides is 1. The number of hydrogen-bond acceptors (Lipinski definition) is 2. The van der Waals surface area contributed by atoms with Gasteiger partial charge in [-0.05, 0) is 18.6 Å². The van der Waals surface area contributed by atoms with Gasteiger partial charge in [0.1, 0.15) is 11.6 Å². The van der Waals surface area contributed by atoms with Crippen LogP contribution in [0, 0.1) is 11.6 Å². The van der Waals surface area contributed by atoms with E-state index in [0.717, 1.165) is 12.1 Å². The summed E-state index contributed by atoms with van der Waals surface area (Å²) in [6.45, 7) is 0.951. The molecular formula is C11H13ClF2N2O. The fourth-order valence-electron chi connectivity index (χ4n) is 1.81. The summed E-state index contributed by atoms with van der Waals surface area (Å²) in [6.07, 6.45) is 0.717. The fraction of sp³-hybridized carbons (Fsp3) is 0.364. The molecular weight excluding hydrogens is 250 g/mol. The van der Waals surface area contributed by atoms with Crippen LogP contribution in [0.3, 0.4) is 0 Å². The summed E-state index contributed by atoms with van der Waals surface area (Å²) in [4.78, 5) is 13.3. The Morgan fingerprint density at radius 3 is 2.65 bits per heavy atom. The van der Waals surface area contributed by atoms with E-state index >= 15 is 0 Å². The van der Waals surface area contributed by atoms with Crippen molar-refractivity contribution in [2.45, 2.75) is 12.5 Å². The Morgan fingerprint density at radius 2 is 2.12 bits per heavy atom. The van der Waals surface area contributed by atoms with Gasteiger partial charge >= 0.3 is 0 Å². The van der Waals surface area contributed by atoms with Crippen LogP contribution in [0.25, 0.3) is 0 Å². The third-order valence-corrected chi connectivity index (χ3v) is 2.67. The lowest BCUT2D eigenvalue weighted by molar-refractivity contribution is 0.0786. The highest BCUT2D eigenvalue weighted by Gasteiger charge is 2.26. The molecule has 3 nitrogen and oxygen atoms in total. The Labute approximate surface area is 104 Å². The molecule has 0 saturated carbocycles. The highest BCUT2D eigenvalue weighted by Crippen LogP contribution is 2.15. The number of hydrogen-bond donors (Lipinski definition) is 1. The van der Waals surface area contributed by atoms with E-state index in [-0.39, 0.29) is 24.0 Å². The van der Waals surface area contributed by atoms with E-state index in [1.54, 1.807) is 0 Å². The van der Waals surface area contributed by atoms with Crippen molar-refractivity contribution in [1.29, 1.82) is 0 Å². The highest BCUT2D eigenvalue weighted by atomic mass is 35.5. The number of nitrogens with zero attached hydrogens (tertiary/aromatic N) is 1. The van der Waals surface area contributed by atoms with Crippen molar-refractivity contribution < 1.29 is 13.6 Å². The second-order valence-electron chi connectivity index (χ2n) is 3.92. The number of benzene rings is 1. The molecule has 1 aliphatic rings. The summed E-state index contributed by atoms with van der Waals surface area (Å²) in [6, 6.07) is 2.90. The van der Waals surface area contributed by atoms with Gasteiger partial charge in [0, 0.05) is 25.2 Å². The number of nitrogens with two attached hydrogens (primary N) is 1. The Bertz CT molecular complexity index is 428. The molecule has 1 saturated heterocycles. The minimum atomic E-state index is -0.828. The first-order valence-corrected chi connectivity index (χ1v) is 5.08. The lowest BCUT2D eigenvalue weighted by Gasteiger charge is -2.15. The summed E-state index contributed by atoms with van der Waals surface area (Å²) >= 11 is 0. The SMILES string of the molecule is Cl.NC1CCN(C(=O)c2ccc(F)cc2F)C1. The third kappa shape index (κ3) is 2.92. The van der Waals surface area contributed by atoms with Gasteiger partial charge in [0.25, 0.3) is 5.91 Å². The molecule has 2 N–H and O–H groups in total. The van der Waals surface area contributed by atoms with Crippen molar-refractivity contribution in [2.75, 3.05) is 13.1 Å². The molecule has 0 aromatic heterocycles. The average Bonchev–Trinajstić information content (AvgIpc) is 2.64. The van der Waals surface area contributed by atoms with Gasteiger partial charge in [0.2, 0.25) is 0 Å². The van der Waals surface area contributed by atoms with Crippen molar-refractivity contribution in [2.24, 2.45) is 5.73 Å². The average molecular weight is 263 g/mol. The zero-order chi connectivity index (χ0) is 11.7. The maximum absolute atomic E-state index is 13.3. The summed E-state index contributed by atoms with van der Waals surface area (Å²) in [7, 11) is 0. The Morgan fingerprint density at radius 1 is 1.41 bits per heavy atom. The van der Waals surface area contributed by atoms with E-state index in [9.17, 15) is 13.6 Å². The summed E-state index contributed by atoms with van der Waals surface area (Å²) in [5.74, 6) is -1.94. The Balaban J connectivity index is 0.00000144. The second kappa shape index (κ2) is 5.42. The number of likely N-dealkylation sites (tertiary alicyclic amines) is 1. The standard InChI is InChI=1S/C11H12F2N2O.ClH/c12-7-1-2-9(10(13)5-7)11(16)15-4-3-8(14)6-15;/h1-2,5,8H,3-4,6,14H2;1H. The molecule has 1 aliphatic heterocycles. The smallest absolute Gasteiger partial charge is 0.256 e.